The highest BCUT2D eigenvalue weighted by atomic mass is 14.7. The molecular weight excluding hydrogens is 124 g/mol. The van der Waals surface area contributed by atoms with E-state index in [0.29, 0.717) is 0 Å². The van der Waals surface area contributed by atoms with Crippen molar-refractivity contribution in [1.82, 2.24) is 0 Å². The molecule has 0 heterocycles. The maximum Gasteiger partial charge on any atom is 0.0154 e. The Hall–Kier alpha value is -0.0800. The lowest BCUT2D eigenvalue weighted by Gasteiger charge is -2.22. The van der Waals surface area contributed by atoms with Gasteiger partial charge in [-0.25, -0.2) is 0 Å². The fourth-order valence-corrected chi connectivity index (χ4v) is 1.78. The van der Waals surface area contributed by atoms with Crippen LogP contribution < -0.4 is 11.5 Å². The van der Waals surface area contributed by atoms with Gasteiger partial charge in [0, 0.05) is 5.54 Å². The SMILES string of the molecule is NCCCC1(N)CCCC1. The summed E-state index contributed by atoms with van der Waals surface area (Å²) in [6.45, 7) is 0.791. The van der Waals surface area contributed by atoms with Gasteiger partial charge in [-0.05, 0) is 32.2 Å². The standard InChI is InChI=1S/C8H18N2/c9-7-3-6-8(10)4-1-2-5-8/h1-7,9-10H2. The monoisotopic (exact) mass is 142 g/mol. The average Bonchev–Trinajstić information content (AvgIpc) is 2.33. The Kier molecular flexibility index (Phi) is 2.69. The first kappa shape index (κ1) is 8.02. The Morgan fingerprint density at radius 2 is 1.80 bits per heavy atom. The van der Waals surface area contributed by atoms with Crippen LogP contribution in [0, 0.1) is 0 Å². The minimum Gasteiger partial charge on any atom is -0.330 e. The normalized spacial score (nSPS) is 23.4. The van der Waals surface area contributed by atoms with Crippen molar-refractivity contribution >= 4 is 0 Å². The molecule has 1 aliphatic carbocycles. The predicted molar refractivity (Wildman–Crippen MR) is 43.7 cm³/mol. The topological polar surface area (TPSA) is 52.0 Å². The fraction of sp³-hybridized carbons (Fsp3) is 1.00. The van der Waals surface area contributed by atoms with Crippen molar-refractivity contribution in [2.75, 3.05) is 6.54 Å². The molecule has 0 atom stereocenters. The second kappa shape index (κ2) is 3.35. The van der Waals surface area contributed by atoms with Crippen LogP contribution in [0.15, 0.2) is 0 Å². The predicted octanol–water partition coefficient (Wildman–Crippen LogP) is 0.997. The second-order valence-electron chi connectivity index (χ2n) is 3.46. The van der Waals surface area contributed by atoms with Gasteiger partial charge in [0.2, 0.25) is 0 Å². The zero-order chi connectivity index (χ0) is 7.45. The molecule has 1 rings (SSSR count). The average molecular weight is 142 g/mol. The lowest BCUT2D eigenvalue weighted by atomic mass is 9.93. The first-order valence-corrected chi connectivity index (χ1v) is 4.26. The van der Waals surface area contributed by atoms with E-state index in [-0.39, 0.29) is 5.54 Å². The fourth-order valence-electron chi connectivity index (χ4n) is 1.78. The van der Waals surface area contributed by atoms with E-state index in [9.17, 15) is 0 Å². The van der Waals surface area contributed by atoms with Crippen LogP contribution in [0.25, 0.3) is 0 Å². The van der Waals surface area contributed by atoms with E-state index in [4.69, 9.17) is 11.5 Å². The molecule has 0 radical (unpaired) electrons. The van der Waals surface area contributed by atoms with E-state index in [1.54, 1.807) is 0 Å². The quantitative estimate of drug-likeness (QED) is 0.617. The summed E-state index contributed by atoms with van der Waals surface area (Å²) in [6, 6.07) is 0. The lowest BCUT2D eigenvalue weighted by Crippen LogP contribution is -2.36. The van der Waals surface area contributed by atoms with Gasteiger partial charge in [-0.15, -0.1) is 0 Å². The molecule has 4 N–H and O–H groups in total. The van der Waals surface area contributed by atoms with Crippen LogP contribution in [0.3, 0.4) is 0 Å². The largest absolute Gasteiger partial charge is 0.330 e. The van der Waals surface area contributed by atoms with Crippen molar-refractivity contribution in [3.05, 3.63) is 0 Å². The molecular formula is C8H18N2. The maximum atomic E-state index is 6.09. The zero-order valence-corrected chi connectivity index (χ0v) is 6.60. The van der Waals surface area contributed by atoms with Crippen LogP contribution in [0.5, 0.6) is 0 Å². The van der Waals surface area contributed by atoms with Crippen LogP contribution in [-0.2, 0) is 0 Å². The summed E-state index contributed by atoms with van der Waals surface area (Å²) in [6.07, 6.45) is 7.29. The third kappa shape index (κ3) is 1.96. The molecule has 2 nitrogen and oxygen atoms in total. The van der Waals surface area contributed by atoms with Crippen molar-refractivity contribution in [3.8, 4) is 0 Å². The molecule has 0 aliphatic heterocycles. The Morgan fingerprint density at radius 1 is 1.20 bits per heavy atom. The van der Waals surface area contributed by atoms with E-state index in [2.05, 4.69) is 0 Å². The Bertz CT molecular complexity index is 95.4. The highest BCUT2D eigenvalue weighted by Gasteiger charge is 2.27. The highest BCUT2D eigenvalue weighted by molar-refractivity contribution is 4.88. The van der Waals surface area contributed by atoms with Crippen LogP contribution in [0.1, 0.15) is 38.5 Å². The molecule has 2 heteroatoms. The van der Waals surface area contributed by atoms with Gasteiger partial charge in [-0.3, -0.25) is 0 Å². The number of nitrogens with two attached hydrogens (primary N) is 2. The van der Waals surface area contributed by atoms with Crippen LogP contribution in [0.4, 0.5) is 0 Å². The van der Waals surface area contributed by atoms with Gasteiger partial charge < -0.3 is 11.5 Å². The summed E-state index contributed by atoms with van der Waals surface area (Å²) < 4.78 is 0. The van der Waals surface area contributed by atoms with E-state index in [1.807, 2.05) is 0 Å². The minimum absolute atomic E-state index is 0.166. The van der Waals surface area contributed by atoms with E-state index in [0.717, 1.165) is 19.4 Å². The van der Waals surface area contributed by atoms with Gasteiger partial charge in [0.25, 0.3) is 0 Å². The molecule has 1 fully saturated rings. The van der Waals surface area contributed by atoms with Gasteiger partial charge in [-0.2, -0.15) is 0 Å². The number of hydrogen-bond donors (Lipinski definition) is 2. The lowest BCUT2D eigenvalue weighted by molar-refractivity contribution is 0.396. The van der Waals surface area contributed by atoms with Crippen molar-refractivity contribution in [1.29, 1.82) is 0 Å². The van der Waals surface area contributed by atoms with E-state index < -0.39 is 0 Å². The Balaban J connectivity index is 2.22. The molecule has 0 aromatic carbocycles. The molecule has 60 valence electrons. The van der Waals surface area contributed by atoms with Crippen LogP contribution in [-0.4, -0.2) is 12.1 Å². The van der Waals surface area contributed by atoms with E-state index in [1.165, 1.54) is 25.7 Å². The maximum absolute atomic E-state index is 6.09. The smallest absolute Gasteiger partial charge is 0.0154 e. The third-order valence-corrected chi connectivity index (χ3v) is 2.48. The molecule has 0 spiro atoms. The number of hydrogen-bond acceptors (Lipinski definition) is 2. The van der Waals surface area contributed by atoms with Gasteiger partial charge in [0.05, 0.1) is 0 Å². The molecule has 0 aromatic heterocycles. The first-order valence-electron chi connectivity index (χ1n) is 4.26. The van der Waals surface area contributed by atoms with Gasteiger partial charge >= 0.3 is 0 Å². The van der Waals surface area contributed by atoms with Gasteiger partial charge in [0.1, 0.15) is 0 Å². The summed E-state index contributed by atoms with van der Waals surface area (Å²) in [5, 5.41) is 0. The van der Waals surface area contributed by atoms with Crippen molar-refractivity contribution < 1.29 is 0 Å². The first-order chi connectivity index (χ1) is 4.77. The molecule has 0 amide bonds. The second-order valence-corrected chi connectivity index (χ2v) is 3.46. The summed E-state index contributed by atoms with van der Waals surface area (Å²) in [7, 11) is 0. The van der Waals surface area contributed by atoms with Crippen molar-refractivity contribution in [2.45, 2.75) is 44.1 Å². The van der Waals surface area contributed by atoms with Crippen LogP contribution in [0.2, 0.25) is 0 Å². The summed E-state index contributed by atoms with van der Waals surface area (Å²) in [5.41, 5.74) is 11.7. The molecule has 0 saturated heterocycles. The summed E-state index contributed by atoms with van der Waals surface area (Å²) in [4.78, 5) is 0. The Labute approximate surface area is 63.0 Å². The summed E-state index contributed by atoms with van der Waals surface area (Å²) in [5.74, 6) is 0. The van der Waals surface area contributed by atoms with Crippen molar-refractivity contribution in [2.24, 2.45) is 11.5 Å². The number of rotatable bonds is 3. The zero-order valence-electron chi connectivity index (χ0n) is 6.60. The molecule has 10 heavy (non-hydrogen) atoms. The molecule has 0 unspecified atom stereocenters. The van der Waals surface area contributed by atoms with Gasteiger partial charge in [-0.1, -0.05) is 12.8 Å². The molecule has 0 bridgehead atoms. The highest BCUT2D eigenvalue weighted by Crippen LogP contribution is 2.30. The minimum atomic E-state index is 0.166. The third-order valence-electron chi connectivity index (χ3n) is 2.48. The van der Waals surface area contributed by atoms with Crippen molar-refractivity contribution in [3.63, 3.8) is 0 Å². The molecule has 1 aliphatic rings. The Morgan fingerprint density at radius 3 is 2.30 bits per heavy atom. The molecule has 1 saturated carbocycles. The van der Waals surface area contributed by atoms with Gasteiger partial charge in [0.15, 0.2) is 0 Å². The van der Waals surface area contributed by atoms with E-state index >= 15 is 0 Å². The van der Waals surface area contributed by atoms with Crippen LogP contribution >= 0.6 is 0 Å². The molecule has 0 aromatic rings. The summed E-state index contributed by atoms with van der Waals surface area (Å²) >= 11 is 0.